The molecule has 27 heavy (non-hydrogen) atoms. The second-order valence-electron chi connectivity index (χ2n) is 6.27. The Hall–Kier alpha value is -2.52. The summed E-state index contributed by atoms with van der Waals surface area (Å²) in [6, 6.07) is 8.41. The molecule has 0 atom stereocenters. The number of anilines is 1. The molecule has 0 saturated carbocycles. The third-order valence-corrected chi connectivity index (χ3v) is 6.03. The molecule has 0 unspecified atom stereocenters. The van der Waals surface area contributed by atoms with E-state index in [2.05, 4.69) is 19.6 Å². The van der Waals surface area contributed by atoms with Crippen LogP contribution in [-0.4, -0.2) is 62.4 Å². The third kappa shape index (κ3) is 4.81. The number of sulfonamides is 1. The summed E-state index contributed by atoms with van der Waals surface area (Å²) in [4.78, 5) is 25.1. The zero-order chi connectivity index (χ0) is 19.3. The lowest BCUT2D eigenvalue weighted by Gasteiger charge is -2.34. The summed E-state index contributed by atoms with van der Waals surface area (Å²) in [6.45, 7) is 2.73. The van der Waals surface area contributed by atoms with Crippen molar-refractivity contribution in [2.75, 3.05) is 38.1 Å². The fourth-order valence-electron chi connectivity index (χ4n) is 2.97. The number of hydrogen-bond acceptors (Lipinski definition) is 6. The number of rotatable bonds is 6. The Morgan fingerprint density at radius 2 is 1.70 bits per heavy atom. The average molecular weight is 389 g/mol. The lowest BCUT2D eigenvalue weighted by atomic mass is 10.1. The zero-order valence-electron chi connectivity index (χ0n) is 15.2. The molecule has 1 aliphatic heterocycles. The lowest BCUT2D eigenvalue weighted by Crippen LogP contribution is -2.49. The van der Waals surface area contributed by atoms with Crippen LogP contribution in [0.15, 0.2) is 47.6 Å². The molecule has 1 aliphatic rings. The number of benzene rings is 1. The Morgan fingerprint density at radius 1 is 1.07 bits per heavy atom. The summed E-state index contributed by atoms with van der Waals surface area (Å²) in [7, 11) is -2.05. The van der Waals surface area contributed by atoms with Gasteiger partial charge in [-0.3, -0.25) is 4.79 Å². The maximum absolute atomic E-state index is 12.5. The van der Waals surface area contributed by atoms with Crippen LogP contribution in [0.4, 0.5) is 5.95 Å². The Balaban J connectivity index is 1.49. The van der Waals surface area contributed by atoms with Crippen LogP contribution >= 0.6 is 0 Å². The smallest absolute Gasteiger partial charge is 0.240 e. The molecule has 3 rings (SSSR count). The van der Waals surface area contributed by atoms with E-state index in [1.165, 1.54) is 7.05 Å². The molecule has 1 aromatic carbocycles. The number of aromatic nitrogens is 2. The summed E-state index contributed by atoms with van der Waals surface area (Å²) in [5.74, 6) is 0.803. The van der Waals surface area contributed by atoms with E-state index in [9.17, 15) is 13.2 Å². The van der Waals surface area contributed by atoms with Crippen molar-refractivity contribution in [2.24, 2.45) is 0 Å². The molecule has 0 bridgehead atoms. The van der Waals surface area contributed by atoms with Gasteiger partial charge >= 0.3 is 0 Å². The minimum atomic E-state index is -3.43. The van der Waals surface area contributed by atoms with Gasteiger partial charge < -0.3 is 9.80 Å². The molecule has 9 heteroatoms. The first-order valence-corrected chi connectivity index (χ1v) is 10.3. The van der Waals surface area contributed by atoms with Crippen molar-refractivity contribution in [3.8, 4) is 0 Å². The van der Waals surface area contributed by atoms with Gasteiger partial charge in [-0.2, -0.15) is 0 Å². The van der Waals surface area contributed by atoms with Gasteiger partial charge in [0, 0.05) is 45.0 Å². The molecule has 1 N–H and O–H groups in total. The van der Waals surface area contributed by atoms with Gasteiger partial charge in [-0.15, -0.1) is 0 Å². The zero-order valence-corrected chi connectivity index (χ0v) is 16.0. The fourth-order valence-corrected chi connectivity index (χ4v) is 3.70. The highest BCUT2D eigenvalue weighted by molar-refractivity contribution is 7.89. The van der Waals surface area contributed by atoms with Gasteiger partial charge in [0.1, 0.15) is 0 Å². The van der Waals surface area contributed by atoms with Crippen molar-refractivity contribution in [1.82, 2.24) is 19.6 Å². The van der Waals surface area contributed by atoms with Crippen LogP contribution in [-0.2, 0) is 21.2 Å². The highest BCUT2D eigenvalue weighted by atomic mass is 32.2. The largest absolute Gasteiger partial charge is 0.339 e. The van der Waals surface area contributed by atoms with Crippen LogP contribution in [0.25, 0.3) is 0 Å². The fraction of sp³-hybridized carbons (Fsp3) is 0.389. The molecule has 0 spiro atoms. The molecule has 2 aromatic rings. The van der Waals surface area contributed by atoms with Gasteiger partial charge in [-0.05, 0) is 37.2 Å². The quantitative estimate of drug-likeness (QED) is 0.780. The van der Waals surface area contributed by atoms with E-state index in [0.29, 0.717) is 45.0 Å². The van der Waals surface area contributed by atoms with Gasteiger partial charge in [0.05, 0.1) is 4.90 Å². The molecule has 2 heterocycles. The molecule has 8 nitrogen and oxygen atoms in total. The molecule has 0 aliphatic carbocycles. The van der Waals surface area contributed by atoms with E-state index in [0.717, 1.165) is 5.56 Å². The topological polar surface area (TPSA) is 95.5 Å². The van der Waals surface area contributed by atoms with Crippen molar-refractivity contribution in [3.05, 3.63) is 48.3 Å². The highest BCUT2D eigenvalue weighted by Crippen LogP contribution is 2.14. The van der Waals surface area contributed by atoms with Crippen molar-refractivity contribution in [2.45, 2.75) is 17.7 Å². The highest BCUT2D eigenvalue weighted by Gasteiger charge is 2.22. The predicted octanol–water partition coefficient (Wildman–Crippen LogP) is 0.666. The Labute approximate surface area is 159 Å². The second-order valence-corrected chi connectivity index (χ2v) is 8.15. The first-order chi connectivity index (χ1) is 13.0. The van der Waals surface area contributed by atoms with Crippen molar-refractivity contribution >= 4 is 21.9 Å². The van der Waals surface area contributed by atoms with Gasteiger partial charge in [-0.25, -0.2) is 23.1 Å². The number of nitrogens with one attached hydrogen (secondary N) is 1. The lowest BCUT2D eigenvalue weighted by molar-refractivity contribution is -0.131. The summed E-state index contributed by atoms with van der Waals surface area (Å²) >= 11 is 0. The molecule has 1 aromatic heterocycles. The number of piperazine rings is 1. The number of nitrogens with zero attached hydrogens (tertiary/aromatic N) is 4. The monoisotopic (exact) mass is 389 g/mol. The van der Waals surface area contributed by atoms with Crippen molar-refractivity contribution in [1.29, 1.82) is 0 Å². The Morgan fingerprint density at radius 3 is 2.30 bits per heavy atom. The van der Waals surface area contributed by atoms with Gasteiger partial charge in [0.25, 0.3) is 0 Å². The molecule has 0 radical (unpaired) electrons. The van der Waals surface area contributed by atoms with Crippen LogP contribution in [0.5, 0.6) is 0 Å². The summed E-state index contributed by atoms with van der Waals surface area (Å²) in [5.41, 5.74) is 0.940. The van der Waals surface area contributed by atoms with Gasteiger partial charge in [0.2, 0.25) is 21.9 Å². The van der Waals surface area contributed by atoms with E-state index in [1.54, 1.807) is 42.7 Å². The first kappa shape index (κ1) is 19.2. The van der Waals surface area contributed by atoms with E-state index in [4.69, 9.17) is 0 Å². The van der Waals surface area contributed by atoms with E-state index in [1.807, 2.05) is 4.90 Å². The summed E-state index contributed by atoms with van der Waals surface area (Å²) < 4.78 is 25.7. The van der Waals surface area contributed by atoms with Gasteiger partial charge in [-0.1, -0.05) is 12.1 Å². The van der Waals surface area contributed by atoms with Crippen molar-refractivity contribution in [3.63, 3.8) is 0 Å². The maximum atomic E-state index is 12.5. The van der Waals surface area contributed by atoms with Crippen LogP contribution in [0.1, 0.15) is 12.0 Å². The maximum Gasteiger partial charge on any atom is 0.240 e. The minimum Gasteiger partial charge on any atom is -0.339 e. The molecular weight excluding hydrogens is 366 g/mol. The average Bonchev–Trinajstić information content (AvgIpc) is 2.73. The molecule has 1 saturated heterocycles. The van der Waals surface area contributed by atoms with E-state index >= 15 is 0 Å². The Bertz CT molecular complexity index is 864. The molecule has 1 amide bonds. The van der Waals surface area contributed by atoms with Crippen LogP contribution in [0, 0.1) is 0 Å². The van der Waals surface area contributed by atoms with Crippen LogP contribution in [0.2, 0.25) is 0 Å². The SMILES string of the molecule is CNS(=O)(=O)c1ccc(CCC(=O)N2CCN(c3ncccn3)CC2)cc1. The first-order valence-electron chi connectivity index (χ1n) is 8.82. The Kier molecular flexibility index (Phi) is 6.02. The van der Waals surface area contributed by atoms with E-state index < -0.39 is 10.0 Å². The number of carbonyl (C=O) groups excluding carboxylic acids is 1. The van der Waals surface area contributed by atoms with Crippen molar-refractivity contribution < 1.29 is 13.2 Å². The third-order valence-electron chi connectivity index (χ3n) is 4.60. The predicted molar refractivity (Wildman–Crippen MR) is 102 cm³/mol. The number of aryl methyl sites for hydroxylation is 1. The number of carbonyl (C=O) groups is 1. The molecular formula is C18H23N5O3S. The normalized spacial score (nSPS) is 15.0. The van der Waals surface area contributed by atoms with Crippen LogP contribution < -0.4 is 9.62 Å². The number of amides is 1. The van der Waals surface area contributed by atoms with Crippen LogP contribution in [0.3, 0.4) is 0 Å². The minimum absolute atomic E-state index is 0.107. The molecule has 1 fully saturated rings. The summed E-state index contributed by atoms with van der Waals surface area (Å²) in [5, 5.41) is 0. The van der Waals surface area contributed by atoms with Gasteiger partial charge in [0.15, 0.2) is 0 Å². The van der Waals surface area contributed by atoms with E-state index in [-0.39, 0.29) is 10.8 Å². The second kappa shape index (κ2) is 8.45. The standard InChI is InChI=1S/C18H23N5O3S/c1-19-27(25,26)16-6-3-15(4-7-16)5-8-17(24)22-11-13-23(14-12-22)18-20-9-2-10-21-18/h2-4,6-7,9-10,19H,5,8,11-14H2,1H3. The number of hydrogen-bond donors (Lipinski definition) is 1. The summed E-state index contributed by atoms with van der Waals surface area (Å²) in [6.07, 6.45) is 4.42. The molecule has 144 valence electrons.